The van der Waals surface area contributed by atoms with E-state index in [-0.39, 0.29) is 42.5 Å². The van der Waals surface area contributed by atoms with Gasteiger partial charge in [0.15, 0.2) is 34.5 Å². The normalized spacial score (nSPS) is 10.9. The van der Waals surface area contributed by atoms with Gasteiger partial charge in [-0.1, -0.05) is 23.8 Å². The van der Waals surface area contributed by atoms with E-state index in [1.807, 2.05) is 24.3 Å². The van der Waals surface area contributed by atoms with E-state index in [1.54, 1.807) is 60.5 Å². The lowest BCUT2D eigenvalue weighted by Gasteiger charge is -2.22. The van der Waals surface area contributed by atoms with Crippen LogP contribution in [0.2, 0.25) is 0 Å². The fraction of sp³-hybridized carbons (Fsp3) is 0.361. The van der Waals surface area contributed by atoms with Gasteiger partial charge >= 0.3 is 12.2 Å². The first-order chi connectivity index (χ1) is 23.1. The number of nitrogens with one attached hydrogen (secondary N) is 2. The molecule has 0 spiro atoms. The Morgan fingerprint density at radius 1 is 0.646 bits per heavy atom. The van der Waals surface area contributed by atoms with Gasteiger partial charge in [-0.2, -0.15) is 0 Å². The summed E-state index contributed by atoms with van der Waals surface area (Å²) in [7, 11) is 9.05. The maximum absolute atomic E-state index is 13.0. The molecule has 12 heteroatoms. The van der Waals surface area contributed by atoms with E-state index >= 15 is 0 Å². The van der Waals surface area contributed by atoms with Crippen LogP contribution >= 0.6 is 0 Å². The van der Waals surface area contributed by atoms with Crippen molar-refractivity contribution in [2.45, 2.75) is 33.1 Å². The molecule has 0 aliphatic heterocycles. The number of allylic oxidation sites excluding steroid dienone is 2. The third kappa shape index (κ3) is 9.63. The summed E-state index contributed by atoms with van der Waals surface area (Å²) in [6.45, 7) is 9.96. The van der Waals surface area contributed by atoms with E-state index in [9.17, 15) is 9.59 Å². The fourth-order valence-corrected chi connectivity index (χ4v) is 4.88. The van der Waals surface area contributed by atoms with Gasteiger partial charge in [0, 0.05) is 24.2 Å². The van der Waals surface area contributed by atoms with Crippen LogP contribution in [0.1, 0.15) is 29.2 Å². The summed E-state index contributed by atoms with van der Waals surface area (Å²) >= 11 is 0. The third-order valence-corrected chi connectivity index (χ3v) is 7.37. The molecule has 3 aromatic rings. The number of ether oxygens (including phenoxy) is 8. The Balaban J connectivity index is 1.80. The molecular formula is C36H44N2O10. The molecule has 48 heavy (non-hydrogen) atoms. The average Bonchev–Trinajstić information content (AvgIpc) is 3.08. The second kappa shape index (κ2) is 18.2. The zero-order chi connectivity index (χ0) is 35.2. The summed E-state index contributed by atoms with van der Waals surface area (Å²) in [6.07, 6.45) is 1.59. The Hall–Kier alpha value is -5.26. The second-order valence-corrected chi connectivity index (χ2v) is 10.5. The molecule has 258 valence electrons. The minimum Gasteiger partial charge on any atom is -0.493 e. The van der Waals surface area contributed by atoms with Gasteiger partial charge in [-0.05, 0) is 75.4 Å². The number of rotatable bonds is 16. The van der Waals surface area contributed by atoms with Gasteiger partial charge in [-0.25, -0.2) is 9.59 Å². The molecule has 0 saturated heterocycles. The van der Waals surface area contributed by atoms with Crippen molar-refractivity contribution in [1.29, 1.82) is 0 Å². The van der Waals surface area contributed by atoms with Crippen LogP contribution in [0.15, 0.2) is 48.0 Å². The molecule has 0 saturated carbocycles. The highest BCUT2D eigenvalue weighted by atomic mass is 16.6. The highest BCUT2D eigenvalue weighted by molar-refractivity contribution is 5.78. The van der Waals surface area contributed by atoms with Crippen LogP contribution in [0.25, 0.3) is 0 Å². The number of carbonyl (C=O) groups is 2. The van der Waals surface area contributed by atoms with Crippen LogP contribution in [0.3, 0.4) is 0 Å². The monoisotopic (exact) mass is 664 g/mol. The van der Waals surface area contributed by atoms with Crippen LogP contribution in [0, 0.1) is 13.8 Å². The van der Waals surface area contributed by atoms with Gasteiger partial charge in [0.2, 0.25) is 11.5 Å². The molecule has 0 fully saturated rings. The molecule has 0 bridgehead atoms. The number of benzene rings is 3. The molecular weight excluding hydrogens is 620 g/mol. The molecule has 2 N–H and O–H groups in total. The zero-order valence-electron chi connectivity index (χ0n) is 28.7. The lowest BCUT2D eigenvalue weighted by atomic mass is 10.0. The predicted octanol–water partition coefficient (Wildman–Crippen LogP) is 5.91. The highest BCUT2D eigenvalue weighted by Crippen LogP contribution is 2.50. The first-order valence-electron chi connectivity index (χ1n) is 15.1. The molecule has 0 aromatic heterocycles. The van der Waals surface area contributed by atoms with E-state index in [4.69, 9.17) is 44.8 Å². The van der Waals surface area contributed by atoms with Crippen molar-refractivity contribution in [3.63, 3.8) is 0 Å². The first kappa shape index (κ1) is 37.2. The van der Waals surface area contributed by atoms with Gasteiger partial charge in [-0.15, -0.1) is 0 Å². The maximum atomic E-state index is 13.0. The minimum atomic E-state index is -0.716. The summed E-state index contributed by atoms with van der Waals surface area (Å²) in [5.74, 6) is 2.77. The molecule has 3 aromatic carbocycles. The van der Waals surface area contributed by atoms with Crippen molar-refractivity contribution >= 4 is 12.2 Å². The van der Waals surface area contributed by atoms with Crippen molar-refractivity contribution in [3.8, 4) is 46.0 Å². The van der Waals surface area contributed by atoms with E-state index in [1.165, 1.54) is 14.2 Å². The Bertz CT molecular complexity index is 1600. The van der Waals surface area contributed by atoms with Gasteiger partial charge in [0.25, 0.3) is 0 Å². The summed E-state index contributed by atoms with van der Waals surface area (Å²) < 4.78 is 44.1. The van der Waals surface area contributed by atoms with E-state index < -0.39 is 12.2 Å². The quantitative estimate of drug-likeness (QED) is 0.191. The lowest BCUT2D eigenvalue weighted by molar-refractivity contribution is 0.193. The van der Waals surface area contributed by atoms with Gasteiger partial charge in [0.05, 0.1) is 42.7 Å². The van der Waals surface area contributed by atoms with Crippen molar-refractivity contribution in [2.24, 2.45) is 0 Å². The van der Waals surface area contributed by atoms with Gasteiger partial charge in [-0.3, -0.25) is 0 Å². The van der Waals surface area contributed by atoms with E-state index in [0.717, 1.165) is 11.1 Å². The average molecular weight is 665 g/mol. The standard InChI is InChI=1S/C36H44N2O10/c1-22(2)10-13-26-23(3)31(47-35(39)37-18-16-24-11-14-27(41-4)29(20-24)43-6)33(45-8)34(46-9)32(26)48-36(40)38-19-17-25-12-15-28(42-5)30(21-25)44-7/h1,10-12,14-15,20-21H,13,16-19H2,2-9H3,(H,37,39)(H,38,40)/b22-10-. The number of hydrogen-bond donors (Lipinski definition) is 2. The zero-order valence-corrected chi connectivity index (χ0v) is 28.7. The van der Waals surface area contributed by atoms with Crippen LogP contribution in [0.5, 0.6) is 46.0 Å². The topological polar surface area (TPSA) is 132 Å². The largest absolute Gasteiger partial charge is 0.493 e. The van der Waals surface area contributed by atoms with Gasteiger partial charge < -0.3 is 48.5 Å². The molecule has 0 heterocycles. The molecule has 2 amide bonds. The van der Waals surface area contributed by atoms with Crippen LogP contribution in [0.4, 0.5) is 9.59 Å². The number of methoxy groups -OCH3 is 6. The molecule has 0 aliphatic rings. The van der Waals surface area contributed by atoms with Crippen molar-refractivity contribution < 1.29 is 47.5 Å². The third-order valence-electron chi connectivity index (χ3n) is 7.37. The maximum Gasteiger partial charge on any atom is 0.412 e. The van der Waals surface area contributed by atoms with E-state index in [2.05, 4.69) is 10.6 Å². The summed E-state index contributed by atoms with van der Waals surface area (Å²) in [5.41, 5.74) is 3.41. The smallest absolute Gasteiger partial charge is 0.412 e. The van der Waals surface area contributed by atoms with E-state index in [0.29, 0.717) is 52.5 Å². The SMILES string of the molecule is [CH]/C(C)=C/Cc1c(C)c(OC(=O)NCCc2ccc(OC)c(OC)c2)c(OC)c(OC)c1OC(=O)NCCc1ccc(OC)c(OC)c1. The summed E-state index contributed by atoms with van der Waals surface area (Å²) in [5, 5.41) is 5.52. The summed E-state index contributed by atoms with van der Waals surface area (Å²) in [4.78, 5) is 26.0. The Kier molecular flexibility index (Phi) is 14.1. The van der Waals surface area contributed by atoms with Gasteiger partial charge in [0.1, 0.15) is 0 Å². The molecule has 0 atom stereocenters. The number of amides is 2. The van der Waals surface area contributed by atoms with Crippen molar-refractivity contribution in [1.82, 2.24) is 10.6 Å². The molecule has 2 radical (unpaired) electrons. The molecule has 12 nitrogen and oxygen atoms in total. The Labute approximate surface area is 282 Å². The Morgan fingerprint density at radius 2 is 1.08 bits per heavy atom. The minimum absolute atomic E-state index is 0.0735. The van der Waals surface area contributed by atoms with Crippen LogP contribution in [-0.4, -0.2) is 67.9 Å². The fourth-order valence-electron chi connectivity index (χ4n) is 4.88. The number of carbonyl (C=O) groups excluding carboxylic acids is 2. The van der Waals surface area contributed by atoms with Crippen LogP contribution in [-0.2, 0) is 19.3 Å². The highest BCUT2D eigenvalue weighted by Gasteiger charge is 2.28. The second-order valence-electron chi connectivity index (χ2n) is 10.5. The lowest BCUT2D eigenvalue weighted by Crippen LogP contribution is -2.30. The summed E-state index contributed by atoms with van der Waals surface area (Å²) in [6, 6.07) is 11.1. The van der Waals surface area contributed by atoms with Crippen molar-refractivity contribution in [2.75, 3.05) is 55.7 Å². The van der Waals surface area contributed by atoms with Crippen LogP contribution < -0.4 is 48.5 Å². The van der Waals surface area contributed by atoms with Crippen molar-refractivity contribution in [3.05, 3.63) is 77.2 Å². The first-order valence-corrected chi connectivity index (χ1v) is 15.1. The molecule has 3 rings (SSSR count). The molecule has 0 aliphatic carbocycles. The number of hydrogen-bond acceptors (Lipinski definition) is 10. The Morgan fingerprint density at radius 3 is 1.50 bits per heavy atom. The predicted molar refractivity (Wildman–Crippen MR) is 181 cm³/mol. The molecule has 0 unspecified atom stereocenters.